The number of Topliss-reactive ketones (excluding diaryl/α,β-unsaturated/α-hetero) is 2. The highest BCUT2D eigenvalue weighted by atomic mass is 32.2. The molecule has 0 saturated carbocycles. The van der Waals surface area contributed by atoms with E-state index < -0.39 is 5.51 Å². The zero-order chi connectivity index (χ0) is 19.6. The van der Waals surface area contributed by atoms with Crippen LogP contribution < -0.4 is 5.32 Å². The summed E-state index contributed by atoms with van der Waals surface area (Å²) in [5.41, 5.74) is -3.52. The normalized spacial score (nSPS) is 14.4. The number of anilines is 1. The quantitative estimate of drug-likeness (QED) is 0.688. The lowest BCUT2D eigenvalue weighted by atomic mass is 9.96. The van der Waals surface area contributed by atoms with Gasteiger partial charge in [-0.2, -0.15) is 13.2 Å². The number of hydrogen-bond acceptors (Lipinski definition) is 6. The van der Waals surface area contributed by atoms with Crippen LogP contribution in [0.3, 0.4) is 0 Å². The summed E-state index contributed by atoms with van der Waals surface area (Å²) in [6.45, 7) is 1.85. The molecule has 9 heteroatoms. The fourth-order valence-electron chi connectivity index (χ4n) is 2.51. The summed E-state index contributed by atoms with van der Waals surface area (Å²) in [5, 5.41) is 2.90. The fraction of sp³-hybridized carbons (Fsp3) is 0.167. The number of thioether (sulfide) groups is 2. The molecule has 0 unspecified atom stereocenters. The molecule has 0 atom stereocenters. The molecular formula is C18H13F3N2O2S2. The van der Waals surface area contributed by atoms with E-state index in [2.05, 4.69) is 10.3 Å². The Morgan fingerprint density at radius 1 is 1.07 bits per heavy atom. The van der Waals surface area contributed by atoms with Crippen LogP contribution >= 0.6 is 23.5 Å². The van der Waals surface area contributed by atoms with Gasteiger partial charge in [-0.05, 0) is 53.9 Å². The van der Waals surface area contributed by atoms with Gasteiger partial charge in [0.2, 0.25) is 11.6 Å². The Kier molecular flexibility index (Phi) is 5.61. The number of benzene rings is 1. The lowest BCUT2D eigenvalue weighted by Gasteiger charge is -2.20. The van der Waals surface area contributed by atoms with Gasteiger partial charge < -0.3 is 5.32 Å². The van der Waals surface area contributed by atoms with Crippen molar-refractivity contribution in [1.82, 2.24) is 4.98 Å². The van der Waals surface area contributed by atoms with Gasteiger partial charge in [0, 0.05) is 16.8 Å². The largest absolute Gasteiger partial charge is 0.446 e. The number of hydrogen-bond donors (Lipinski definition) is 1. The Morgan fingerprint density at radius 2 is 1.78 bits per heavy atom. The van der Waals surface area contributed by atoms with Gasteiger partial charge in [0.1, 0.15) is 11.4 Å². The zero-order valence-electron chi connectivity index (χ0n) is 14.0. The molecule has 0 bridgehead atoms. The molecule has 2 aromatic rings. The Hall–Kier alpha value is -2.26. The van der Waals surface area contributed by atoms with Gasteiger partial charge in [-0.1, -0.05) is 6.92 Å². The Balaban J connectivity index is 1.92. The number of carbonyl (C=O) groups excluding carboxylic acids is 2. The van der Waals surface area contributed by atoms with Crippen molar-refractivity contribution in [3.63, 3.8) is 0 Å². The van der Waals surface area contributed by atoms with Crippen molar-refractivity contribution in [2.45, 2.75) is 17.3 Å². The number of nitrogens with zero attached hydrogens (tertiary/aromatic N) is 1. The van der Waals surface area contributed by atoms with Crippen molar-refractivity contribution in [3.8, 4) is 0 Å². The highest BCUT2D eigenvalue weighted by molar-refractivity contribution is 8.04. The number of ketones is 2. The maximum Gasteiger partial charge on any atom is 0.446 e. The second kappa shape index (κ2) is 7.77. The first-order valence-corrected chi connectivity index (χ1v) is 9.64. The summed E-state index contributed by atoms with van der Waals surface area (Å²) in [4.78, 5) is 29.8. The number of allylic oxidation sites excluding steroid dienone is 2. The molecule has 140 valence electrons. The molecule has 1 aromatic carbocycles. The molecule has 4 nitrogen and oxygen atoms in total. The molecule has 1 aliphatic rings. The molecule has 1 heterocycles. The van der Waals surface area contributed by atoms with E-state index in [0.717, 1.165) is 0 Å². The number of pyridine rings is 1. The van der Waals surface area contributed by atoms with Gasteiger partial charge in [0.05, 0.1) is 10.5 Å². The second-order valence-corrected chi connectivity index (χ2v) is 7.80. The first-order chi connectivity index (χ1) is 12.8. The monoisotopic (exact) mass is 410 g/mol. The van der Waals surface area contributed by atoms with E-state index in [9.17, 15) is 22.8 Å². The number of nitrogens with one attached hydrogen (secondary N) is 1. The number of aromatic nitrogens is 1. The summed E-state index contributed by atoms with van der Waals surface area (Å²) in [5.74, 6) is -0.144. The van der Waals surface area contributed by atoms with Gasteiger partial charge in [0.25, 0.3) is 0 Å². The van der Waals surface area contributed by atoms with Crippen LogP contribution in [0.2, 0.25) is 0 Å². The predicted molar refractivity (Wildman–Crippen MR) is 100 cm³/mol. The van der Waals surface area contributed by atoms with Gasteiger partial charge >= 0.3 is 5.51 Å². The summed E-state index contributed by atoms with van der Waals surface area (Å²) in [7, 11) is 0. The van der Waals surface area contributed by atoms with E-state index in [0.29, 0.717) is 11.4 Å². The van der Waals surface area contributed by atoms with Crippen molar-refractivity contribution < 1.29 is 22.8 Å². The van der Waals surface area contributed by atoms with E-state index in [1.807, 2.05) is 6.92 Å². The standard InChI is InChI=1S/C18H13F3N2O2S2/c1-2-26-17-14(15(24)12-4-3-9-22-13(12)16(17)25)23-10-5-7-11(8-6-10)27-18(19,20)21/h3-9,23H,2H2,1H3. The van der Waals surface area contributed by atoms with Crippen LogP contribution in [0.1, 0.15) is 27.8 Å². The molecule has 1 aromatic heterocycles. The SMILES string of the molecule is CCSC1=C(Nc2ccc(SC(F)(F)F)cc2)C(=O)c2cccnc2C1=O. The van der Waals surface area contributed by atoms with Crippen LogP contribution in [-0.2, 0) is 0 Å². The molecular weight excluding hydrogens is 397 g/mol. The van der Waals surface area contributed by atoms with Gasteiger partial charge in [-0.3, -0.25) is 14.6 Å². The lowest BCUT2D eigenvalue weighted by molar-refractivity contribution is -0.0328. The van der Waals surface area contributed by atoms with E-state index in [4.69, 9.17) is 0 Å². The first kappa shape index (κ1) is 19.5. The number of fused-ring (bicyclic) bond motifs is 1. The van der Waals surface area contributed by atoms with Crippen molar-refractivity contribution >= 4 is 40.8 Å². The first-order valence-electron chi connectivity index (χ1n) is 7.84. The Bertz CT molecular complexity index is 925. The third-order valence-corrected chi connectivity index (χ3v) is 5.28. The molecule has 0 aliphatic heterocycles. The maximum atomic E-state index is 12.8. The smallest absolute Gasteiger partial charge is 0.351 e. The number of alkyl halides is 3. The molecule has 0 radical (unpaired) electrons. The van der Waals surface area contributed by atoms with Crippen molar-refractivity contribution in [3.05, 3.63) is 64.5 Å². The number of halogens is 3. The molecule has 1 aliphatic carbocycles. The Labute approximate surface area is 161 Å². The lowest BCUT2D eigenvalue weighted by Crippen LogP contribution is -2.26. The van der Waals surface area contributed by atoms with Crippen LogP contribution in [0.25, 0.3) is 0 Å². The van der Waals surface area contributed by atoms with Gasteiger partial charge in [-0.15, -0.1) is 11.8 Å². The van der Waals surface area contributed by atoms with E-state index in [1.54, 1.807) is 6.07 Å². The minimum atomic E-state index is -4.37. The summed E-state index contributed by atoms with van der Waals surface area (Å²) >= 11 is 1.00. The molecule has 27 heavy (non-hydrogen) atoms. The molecule has 0 fully saturated rings. The molecule has 0 amide bonds. The average molecular weight is 410 g/mol. The third-order valence-electron chi connectivity index (χ3n) is 3.57. The molecule has 3 rings (SSSR count). The van der Waals surface area contributed by atoms with Gasteiger partial charge in [0.15, 0.2) is 0 Å². The predicted octanol–water partition coefficient (Wildman–Crippen LogP) is 5.15. The molecule has 1 N–H and O–H groups in total. The van der Waals surface area contributed by atoms with Crippen molar-refractivity contribution in [1.29, 1.82) is 0 Å². The van der Waals surface area contributed by atoms with Crippen LogP contribution in [0.15, 0.2) is 58.1 Å². The summed E-state index contributed by atoms with van der Waals surface area (Å²) in [6, 6.07) is 8.58. The van der Waals surface area contributed by atoms with Crippen LogP contribution in [0, 0.1) is 0 Å². The average Bonchev–Trinajstić information content (AvgIpc) is 2.63. The van der Waals surface area contributed by atoms with E-state index >= 15 is 0 Å². The minimum absolute atomic E-state index is 0.0331. The highest BCUT2D eigenvalue weighted by Gasteiger charge is 2.33. The summed E-state index contributed by atoms with van der Waals surface area (Å²) < 4.78 is 37.3. The number of carbonyl (C=O) groups is 2. The van der Waals surface area contributed by atoms with Crippen LogP contribution in [0.4, 0.5) is 18.9 Å². The Morgan fingerprint density at radius 3 is 2.41 bits per heavy atom. The maximum absolute atomic E-state index is 12.8. The number of rotatable bonds is 5. The van der Waals surface area contributed by atoms with Crippen LogP contribution in [0.5, 0.6) is 0 Å². The van der Waals surface area contributed by atoms with Crippen LogP contribution in [-0.4, -0.2) is 27.8 Å². The summed E-state index contributed by atoms with van der Waals surface area (Å²) in [6.07, 6.45) is 1.45. The van der Waals surface area contributed by atoms with E-state index in [-0.39, 0.29) is 50.1 Å². The molecule has 0 saturated heterocycles. The minimum Gasteiger partial charge on any atom is -0.351 e. The third kappa shape index (κ3) is 4.36. The van der Waals surface area contributed by atoms with E-state index in [1.165, 1.54) is 48.3 Å². The zero-order valence-corrected chi connectivity index (χ0v) is 15.6. The molecule has 0 spiro atoms. The fourth-order valence-corrected chi connectivity index (χ4v) is 3.85. The van der Waals surface area contributed by atoms with Gasteiger partial charge in [-0.25, -0.2) is 0 Å². The topological polar surface area (TPSA) is 59.1 Å². The second-order valence-electron chi connectivity index (χ2n) is 5.39. The van der Waals surface area contributed by atoms with Crippen molar-refractivity contribution in [2.24, 2.45) is 0 Å². The van der Waals surface area contributed by atoms with Crippen molar-refractivity contribution in [2.75, 3.05) is 11.1 Å². The highest BCUT2D eigenvalue weighted by Crippen LogP contribution is 2.37.